The maximum Gasteiger partial charge on any atom is 0.344 e. The van der Waals surface area contributed by atoms with Crippen LogP contribution in [-0.2, 0) is 30.3 Å². The number of benzene rings is 1. The van der Waals surface area contributed by atoms with Crippen molar-refractivity contribution in [1.82, 2.24) is 5.32 Å². The van der Waals surface area contributed by atoms with Crippen molar-refractivity contribution >= 4 is 29.6 Å². The van der Waals surface area contributed by atoms with Crippen LogP contribution in [-0.4, -0.2) is 41.5 Å². The molecule has 1 aromatic carbocycles. The number of allylic oxidation sites excluding steroid dienone is 1. The minimum absolute atomic E-state index is 0.0527. The molecule has 0 aromatic heterocycles. The molecule has 1 N–H and O–H groups in total. The van der Waals surface area contributed by atoms with Crippen LogP contribution >= 0.6 is 0 Å². The lowest BCUT2D eigenvalue weighted by atomic mass is 9.88. The summed E-state index contributed by atoms with van der Waals surface area (Å²) < 4.78 is 10.1. The van der Waals surface area contributed by atoms with E-state index in [4.69, 9.17) is 9.47 Å². The average Bonchev–Trinajstić information content (AvgIpc) is 2.80. The van der Waals surface area contributed by atoms with Crippen molar-refractivity contribution in [3.63, 3.8) is 0 Å². The van der Waals surface area contributed by atoms with Gasteiger partial charge in [0, 0.05) is 25.0 Å². The van der Waals surface area contributed by atoms with E-state index in [1.54, 1.807) is 26.0 Å². The van der Waals surface area contributed by atoms with E-state index >= 15 is 0 Å². The standard InChI is InChI=1S/C26H38N2O7/c1-5-8-9-10-11-12-13-14-15-21-16-17-23(28(32)33)22(18-21)19-26(27-20(4)29,24(30)34-6-2)25(31)35-7-3/h14-18H,5-13,19H2,1-4H3,(H,27,29)/b15-14+. The molecule has 194 valence electrons. The van der Waals surface area contributed by atoms with Gasteiger partial charge in [-0.15, -0.1) is 0 Å². The van der Waals surface area contributed by atoms with E-state index in [-0.39, 0.29) is 24.5 Å². The first kappa shape index (κ1) is 29.8. The normalized spacial score (nSPS) is 11.3. The van der Waals surface area contributed by atoms with E-state index in [2.05, 4.69) is 12.2 Å². The van der Waals surface area contributed by atoms with Gasteiger partial charge in [-0.1, -0.05) is 51.2 Å². The Bertz CT molecular complexity index is 878. The third-order valence-electron chi connectivity index (χ3n) is 5.43. The van der Waals surface area contributed by atoms with Gasteiger partial charge in [0.25, 0.3) is 5.69 Å². The zero-order valence-corrected chi connectivity index (χ0v) is 21.3. The van der Waals surface area contributed by atoms with Crippen LogP contribution in [0.4, 0.5) is 5.69 Å². The van der Waals surface area contributed by atoms with E-state index in [0.29, 0.717) is 5.56 Å². The Hall–Kier alpha value is -3.23. The number of hydrogen-bond acceptors (Lipinski definition) is 7. The van der Waals surface area contributed by atoms with Crippen LogP contribution < -0.4 is 5.32 Å². The third-order valence-corrected chi connectivity index (χ3v) is 5.43. The largest absolute Gasteiger partial charge is 0.464 e. The number of nitro benzene ring substituents is 1. The summed E-state index contributed by atoms with van der Waals surface area (Å²) in [5.41, 5.74) is -1.74. The number of hydrogen-bond donors (Lipinski definition) is 1. The van der Waals surface area contributed by atoms with Crippen molar-refractivity contribution in [1.29, 1.82) is 0 Å². The van der Waals surface area contributed by atoms with Crippen molar-refractivity contribution in [3.8, 4) is 0 Å². The summed E-state index contributed by atoms with van der Waals surface area (Å²) in [7, 11) is 0. The van der Waals surface area contributed by atoms with Gasteiger partial charge in [0.2, 0.25) is 11.4 Å². The van der Waals surface area contributed by atoms with Crippen molar-refractivity contribution < 1.29 is 28.8 Å². The zero-order chi connectivity index (χ0) is 26.3. The minimum atomic E-state index is -2.25. The second-order valence-electron chi connectivity index (χ2n) is 8.31. The smallest absolute Gasteiger partial charge is 0.344 e. The summed E-state index contributed by atoms with van der Waals surface area (Å²) in [6, 6.07) is 4.48. The predicted molar refractivity (Wildman–Crippen MR) is 134 cm³/mol. The number of unbranched alkanes of at least 4 members (excludes halogenated alkanes) is 6. The molecule has 0 fully saturated rings. The summed E-state index contributed by atoms with van der Waals surface area (Å²) in [6.07, 6.45) is 11.3. The Morgan fingerprint density at radius 3 is 2.14 bits per heavy atom. The highest BCUT2D eigenvalue weighted by molar-refractivity contribution is 6.08. The van der Waals surface area contributed by atoms with Gasteiger partial charge in [-0.3, -0.25) is 14.9 Å². The Labute approximate surface area is 207 Å². The highest BCUT2D eigenvalue weighted by Gasteiger charge is 2.51. The van der Waals surface area contributed by atoms with Crippen molar-refractivity contribution in [2.75, 3.05) is 13.2 Å². The number of nitro groups is 1. The van der Waals surface area contributed by atoms with Crippen LogP contribution in [0, 0.1) is 10.1 Å². The minimum Gasteiger partial charge on any atom is -0.464 e. The highest BCUT2D eigenvalue weighted by atomic mass is 16.6. The monoisotopic (exact) mass is 490 g/mol. The van der Waals surface area contributed by atoms with E-state index in [1.807, 2.05) is 12.2 Å². The number of carbonyl (C=O) groups excluding carboxylic acids is 3. The molecule has 1 rings (SSSR count). The first-order valence-electron chi connectivity index (χ1n) is 12.3. The van der Waals surface area contributed by atoms with Crippen molar-refractivity contribution in [2.24, 2.45) is 0 Å². The van der Waals surface area contributed by atoms with Gasteiger partial charge in [-0.05, 0) is 44.4 Å². The maximum absolute atomic E-state index is 12.9. The number of ether oxygens (including phenoxy) is 2. The van der Waals surface area contributed by atoms with E-state index in [9.17, 15) is 24.5 Å². The number of amides is 1. The molecule has 0 aliphatic carbocycles. The number of esters is 2. The second kappa shape index (κ2) is 15.6. The number of nitrogens with one attached hydrogen (secondary N) is 1. The summed E-state index contributed by atoms with van der Waals surface area (Å²) >= 11 is 0. The van der Waals surface area contributed by atoms with E-state index in [1.165, 1.54) is 31.7 Å². The molecule has 0 aliphatic heterocycles. The van der Waals surface area contributed by atoms with Crippen LogP contribution in [0.2, 0.25) is 0 Å². The molecular weight excluding hydrogens is 452 g/mol. The van der Waals surface area contributed by atoms with E-state index < -0.39 is 34.7 Å². The zero-order valence-electron chi connectivity index (χ0n) is 21.3. The quantitative estimate of drug-likeness (QED) is 0.115. The fourth-order valence-corrected chi connectivity index (χ4v) is 3.76. The molecule has 1 amide bonds. The van der Waals surface area contributed by atoms with Crippen LogP contribution in [0.1, 0.15) is 83.8 Å². The summed E-state index contributed by atoms with van der Waals surface area (Å²) in [5.74, 6) is -2.75. The van der Waals surface area contributed by atoms with Gasteiger partial charge in [0.05, 0.1) is 18.1 Å². The highest BCUT2D eigenvalue weighted by Crippen LogP contribution is 2.27. The number of nitrogens with zero attached hydrogens (tertiary/aromatic N) is 1. The summed E-state index contributed by atoms with van der Waals surface area (Å²) in [5, 5.41) is 14.1. The lowest BCUT2D eigenvalue weighted by Gasteiger charge is -2.29. The molecule has 0 aliphatic rings. The van der Waals surface area contributed by atoms with Gasteiger partial charge in [-0.2, -0.15) is 0 Å². The fraction of sp³-hybridized carbons (Fsp3) is 0.577. The molecule has 0 atom stereocenters. The van der Waals surface area contributed by atoms with Crippen LogP contribution in [0.25, 0.3) is 6.08 Å². The first-order chi connectivity index (χ1) is 16.7. The van der Waals surface area contributed by atoms with Gasteiger partial charge in [0.1, 0.15) is 0 Å². The SMILES string of the molecule is CCCCCCCC/C=C/c1ccc([N+](=O)[O-])c(CC(NC(C)=O)(C(=O)OCC)C(=O)OCC)c1. The Kier molecular flexibility index (Phi) is 13.3. The van der Waals surface area contributed by atoms with Crippen LogP contribution in [0.3, 0.4) is 0 Å². The third kappa shape index (κ3) is 9.50. The van der Waals surface area contributed by atoms with Crippen LogP contribution in [0.15, 0.2) is 24.3 Å². The summed E-state index contributed by atoms with van der Waals surface area (Å²) in [6.45, 7) is 6.33. The topological polar surface area (TPSA) is 125 Å². The molecule has 0 bridgehead atoms. The lowest BCUT2D eigenvalue weighted by Crippen LogP contribution is -2.62. The van der Waals surface area contributed by atoms with E-state index in [0.717, 1.165) is 26.2 Å². The van der Waals surface area contributed by atoms with Gasteiger partial charge >= 0.3 is 11.9 Å². The molecule has 9 nitrogen and oxygen atoms in total. The summed E-state index contributed by atoms with van der Waals surface area (Å²) in [4.78, 5) is 48.9. The van der Waals surface area contributed by atoms with Gasteiger partial charge in [0.15, 0.2) is 0 Å². The predicted octanol–water partition coefficient (Wildman–Crippen LogP) is 4.90. The molecule has 0 radical (unpaired) electrons. The first-order valence-corrected chi connectivity index (χ1v) is 12.3. The maximum atomic E-state index is 12.9. The number of carbonyl (C=O) groups is 3. The molecule has 0 saturated heterocycles. The molecule has 0 saturated carbocycles. The van der Waals surface area contributed by atoms with Crippen molar-refractivity contribution in [2.45, 2.75) is 84.6 Å². The molecule has 35 heavy (non-hydrogen) atoms. The van der Waals surface area contributed by atoms with Crippen LogP contribution in [0.5, 0.6) is 0 Å². The molecule has 0 spiro atoms. The Morgan fingerprint density at radius 1 is 1.00 bits per heavy atom. The van der Waals surface area contributed by atoms with Gasteiger partial charge < -0.3 is 14.8 Å². The fourth-order valence-electron chi connectivity index (χ4n) is 3.76. The molecule has 0 unspecified atom stereocenters. The average molecular weight is 491 g/mol. The molecular formula is C26H38N2O7. The van der Waals surface area contributed by atoms with Crippen molar-refractivity contribution in [3.05, 3.63) is 45.5 Å². The Morgan fingerprint density at radius 2 is 1.60 bits per heavy atom. The Balaban J connectivity index is 3.26. The molecule has 0 heterocycles. The second-order valence-corrected chi connectivity index (χ2v) is 8.31. The number of rotatable bonds is 16. The lowest BCUT2D eigenvalue weighted by molar-refractivity contribution is -0.385. The molecule has 1 aromatic rings. The van der Waals surface area contributed by atoms with Gasteiger partial charge in [-0.25, -0.2) is 9.59 Å². The molecule has 9 heteroatoms.